The van der Waals surface area contributed by atoms with Crippen molar-refractivity contribution in [2.24, 2.45) is 0 Å². The molecular formula is C18H14N2O5. The molecule has 1 fully saturated rings. The maximum absolute atomic E-state index is 12.9. The molecule has 2 aromatic rings. The van der Waals surface area contributed by atoms with E-state index in [0.29, 0.717) is 24.1 Å². The molecule has 0 spiro atoms. The highest BCUT2D eigenvalue weighted by atomic mass is 16.5. The second-order valence-electron chi connectivity index (χ2n) is 6.02. The highest BCUT2D eigenvalue weighted by Crippen LogP contribution is 2.41. The number of amides is 3. The minimum absolute atomic E-state index is 0.107. The smallest absolute Gasteiger partial charge is 0.293 e. The fourth-order valence-corrected chi connectivity index (χ4v) is 3.55. The summed E-state index contributed by atoms with van der Waals surface area (Å²) in [6.45, 7) is 0.487. The first-order valence-electron chi connectivity index (χ1n) is 7.89. The van der Waals surface area contributed by atoms with Crippen LogP contribution in [-0.4, -0.2) is 30.2 Å². The van der Waals surface area contributed by atoms with E-state index in [-0.39, 0.29) is 24.8 Å². The summed E-state index contributed by atoms with van der Waals surface area (Å²) in [5.74, 6) is -1.04. The number of nitrogens with zero attached hydrogens (tertiary/aromatic N) is 1. The van der Waals surface area contributed by atoms with E-state index in [2.05, 4.69) is 5.32 Å². The summed E-state index contributed by atoms with van der Waals surface area (Å²) in [6.07, 6.45) is 0.493. The van der Waals surface area contributed by atoms with Gasteiger partial charge in [-0.3, -0.25) is 29.4 Å². The Labute approximate surface area is 142 Å². The minimum Gasteiger partial charge on any atom is -0.463 e. The summed E-state index contributed by atoms with van der Waals surface area (Å²) in [6, 6.07) is 8.15. The number of hydrogen-bond acceptors (Lipinski definition) is 5. The number of benzene rings is 2. The van der Waals surface area contributed by atoms with Crippen LogP contribution in [0.15, 0.2) is 30.3 Å². The highest BCUT2D eigenvalue weighted by molar-refractivity contribution is 6.27. The summed E-state index contributed by atoms with van der Waals surface area (Å²) in [5, 5.41) is 3.84. The Balaban J connectivity index is 1.83. The van der Waals surface area contributed by atoms with Crippen molar-refractivity contribution in [3.05, 3.63) is 41.5 Å². The molecule has 0 saturated carbocycles. The number of carbonyl (C=O) groups excluding carboxylic acids is 4. The third-order valence-electron chi connectivity index (χ3n) is 4.65. The molecule has 2 aliphatic heterocycles. The lowest BCUT2D eigenvalue weighted by Crippen LogP contribution is -2.53. The number of anilines is 1. The Morgan fingerprint density at radius 3 is 2.80 bits per heavy atom. The van der Waals surface area contributed by atoms with Crippen LogP contribution in [0.5, 0.6) is 0 Å². The molecule has 2 aliphatic rings. The van der Waals surface area contributed by atoms with Crippen LogP contribution in [0, 0.1) is 0 Å². The second kappa shape index (κ2) is 5.70. The van der Waals surface area contributed by atoms with Crippen LogP contribution >= 0.6 is 0 Å². The Kier molecular flexibility index (Phi) is 3.49. The van der Waals surface area contributed by atoms with E-state index >= 15 is 0 Å². The molecule has 1 N–H and O–H groups in total. The maximum Gasteiger partial charge on any atom is 0.293 e. The lowest BCUT2D eigenvalue weighted by molar-refractivity contribution is -0.134. The van der Waals surface area contributed by atoms with E-state index in [4.69, 9.17) is 4.74 Å². The summed E-state index contributed by atoms with van der Waals surface area (Å²) < 4.78 is 4.85. The third-order valence-corrected chi connectivity index (χ3v) is 4.65. The van der Waals surface area contributed by atoms with Crippen molar-refractivity contribution in [1.82, 2.24) is 5.32 Å². The van der Waals surface area contributed by atoms with Gasteiger partial charge in [-0.1, -0.05) is 18.2 Å². The summed E-state index contributed by atoms with van der Waals surface area (Å²) in [7, 11) is 0. The number of rotatable bonds is 4. The van der Waals surface area contributed by atoms with Crippen LogP contribution in [0.2, 0.25) is 0 Å². The molecular weight excluding hydrogens is 324 g/mol. The molecule has 7 nitrogen and oxygen atoms in total. The van der Waals surface area contributed by atoms with Gasteiger partial charge in [0.25, 0.3) is 12.4 Å². The van der Waals surface area contributed by atoms with Crippen LogP contribution in [0.1, 0.15) is 28.8 Å². The molecule has 3 amide bonds. The quantitative estimate of drug-likeness (QED) is 0.669. The number of hydrogen-bond donors (Lipinski definition) is 1. The number of piperidine rings is 1. The molecule has 1 saturated heterocycles. The Bertz CT molecular complexity index is 936. The molecule has 2 aromatic carbocycles. The van der Waals surface area contributed by atoms with Crippen LogP contribution in [-0.2, 0) is 25.7 Å². The average molecular weight is 338 g/mol. The molecule has 0 aliphatic carbocycles. The molecule has 0 bridgehead atoms. The van der Waals surface area contributed by atoms with Crippen molar-refractivity contribution < 1.29 is 23.9 Å². The Morgan fingerprint density at radius 2 is 2.04 bits per heavy atom. The van der Waals surface area contributed by atoms with Crippen LogP contribution in [0.4, 0.5) is 5.69 Å². The van der Waals surface area contributed by atoms with Crippen LogP contribution in [0.3, 0.4) is 0 Å². The van der Waals surface area contributed by atoms with Gasteiger partial charge in [0.05, 0.1) is 5.69 Å². The second-order valence-corrected chi connectivity index (χ2v) is 6.02. The molecule has 126 valence electrons. The van der Waals surface area contributed by atoms with Gasteiger partial charge in [0.2, 0.25) is 11.8 Å². The topological polar surface area (TPSA) is 92.8 Å². The largest absolute Gasteiger partial charge is 0.463 e. The van der Waals surface area contributed by atoms with Crippen molar-refractivity contribution in [3.63, 3.8) is 0 Å². The van der Waals surface area contributed by atoms with Crippen LogP contribution < -0.4 is 10.2 Å². The van der Waals surface area contributed by atoms with Crippen molar-refractivity contribution in [2.45, 2.75) is 25.5 Å². The molecule has 7 heteroatoms. The van der Waals surface area contributed by atoms with Crippen LogP contribution in [0.25, 0.3) is 10.8 Å². The highest BCUT2D eigenvalue weighted by Gasteiger charge is 2.40. The molecule has 1 unspecified atom stereocenters. The fourth-order valence-electron chi connectivity index (χ4n) is 3.55. The Morgan fingerprint density at radius 1 is 1.20 bits per heavy atom. The van der Waals surface area contributed by atoms with Crippen molar-refractivity contribution >= 4 is 40.7 Å². The van der Waals surface area contributed by atoms with Gasteiger partial charge in [0.15, 0.2) is 0 Å². The predicted molar refractivity (Wildman–Crippen MR) is 87.8 cm³/mol. The van der Waals surface area contributed by atoms with Crippen molar-refractivity contribution in [1.29, 1.82) is 0 Å². The first-order chi connectivity index (χ1) is 12.1. The van der Waals surface area contributed by atoms with E-state index < -0.39 is 11.9 Å². The number of nitrogens with one attached hydrogen (secondary N) is 1. The summed E-state index contributed by atoms with van der Waals surface area (Å²) in [5.41, 5.74) is 1.93. The van der Waals surface area contributed by atoms with Gasteiger partial charge in [0, 0.05) is 17.4 Å². The molecule has 25 heavy (non-hydrogen) atoms. The third kappa shape index (κ3) is 2.27. The van der Waals surface area contributed by atoms with Gasteiger partial charge in [0.1, 0.15) is 12.6 Å². The molecule has 0 aromatic heterocycles. The molecule has 0 radical (unpaired) electrons. The SMILES string of the molecule is O=COCc1ccc2c3c(cccc13)C(=O)N2C1CCC(=O)NC1=O. The molecule has 2 heterocycles. The fraction of sp³-hybridized carbons (Fsp3) is 0.222. The van der Waals surface area contributed by atoms with E-state index in [0.717, 1.165) is 16.3 Å². The monoisotopic (exact) mass is 338 g/mol. The molecule has 4 rings (SSSR count). The maximum atomic E-state index is 12.9. The van der Waals surface area contributed by atoms with Gasteiger partial charge < -0.3 is 4.74 Å². The normalized spacial score (nSPS) is 19.3. The van der Waals surface area contributed by atoms with Gasteiger partial charge in [-0.2, -0.15) is 0 Å². The first-order valence-corrected chi connectivity index (χ1v) is 7.89. The van der Waals surface area contributed by atoms with Gasteiger partial charge in [-0.15, -0.1) is 0 Å². The number of ether oxygens (including phenoxy) is 1. The van der Waals surface area contributed by atoms with Gasteiger partial charge >= 0.3 is 0 Å². The van der Waals surface area contributed by atoms with E-state index in [1.54, 1.807) is 24.3 Å². The van der Waals surface area contributed by atoms with Gasteiger partial charge in [-0.05, 0) is 29.5 Å². The zero-order valence-corrected chi connectivity index (χ0v) is 13.2. The van der Waals surface area contributed by atoms with E-state index in [1.165, 1.54) is 4.90 Å². The van der Waals surface area contributed by atoms with Gasteiger partial charge in [-0.25, -0.2) is 0 Å². The van der Waals surface area contributed by atoms with E-state index in [1.807, 2.05) is 6.07 Å². The number of imide groups is 1. The summed E-state index contributed by atoms with van der Waals surface area (Å²) in [4.78, 5) is 48.5. The lowest BCUT2D eigenvalue weighted by atomic mass is 10.0. The molecule has 1 atom stereocenters. The van der Waals surface area contributed by atoms with Crippen molar-refractivity contribution in [3.8, 4) is 0 Å². The predicted octanol–water partition coefficient (Wildman–Crippen LogP) is 1.28. The Hall–Kier alpha value is -3.22. The zero-order valence-electron chi connectivity index (χ0n) is 13.2. The van der Waals surface area contributed by atoms with E-state index in [9.17, 15) is 19.2 Å². The van der Waals surface area contributed by atoms with Crippen molar-refractivity contribution in [2.75, 3.05) is 4.90 Å². The average Bonchev–Trinajstić information content (AvgIpc) is 2.89. The standard InChI is InChI=1S/C18H14N2O5/c21-9-25-8-10-4-5-13-16-11(10)2-1-3-12(16)18(24)20(13)14-6-7-15(22)19-17(14)23/h1-5,9,14H,6-8H2,(H,19,22,23). The first kappa shape index (κ1) is 15.3. The summed E-state index contributed by atoms with van der Waals surface area (Å²) >= 11 is 0. The lowest BCUT2D eigenvalue weighted by Gasteiger charge is -2.30. The zero-order chi connectivity index (χ0) is 17.6. The number of carbonyl (C=O) groups is 4. The minimum atomic E-state index is -0.710.